The van der Waals surface area contributed by atoms with Crippen molar-refractivity contribution in [3.63, 3.8) is 0 Å². The van der Waals surface area contributed by atoms with Crippen molar-refractivity contribution in [3.05, 3.63) is 29.8 Å². The molecule has 1 unspecified atom stereocenters. The molecule has 1 aliphatic heterocycles. The van der Waals surface area contributed by atoms with E-state index in [2.05, 4.69) is 5.32 Å². The third-order valence-electron chi connectivity index (χ3n) is 2.86. The third kappa shape index (κ3) is 3.51. The van der Waals surface area contributed by atoms with Gasteiger partial charge in [-0.2, -0.15) is 0 Å². The van der Waals surface area contributed by atoms with Crippen LogP contribution >= 0.6 is 0 Å². The first kappa shape index (κ1) is 14.0. The fourth-order valence-corrected chi connectivity index (χ4v) is 1.81. The van der Waals surface area contributed by atoms with Crippen molar-refractivity contribution in [2.24, 2.45) is 5.73 Å². The van der Waals surface area contributed by atoms with Crippen molar-refractivity contribution in [2.45, 2.75) is 12.4 Å². The Bertz CT molecular complexity index is 411. The second-order valence-electron chi connectivity index (χ2n) is 4.14. The number of hydrogen-bond donors (Lipinski definition) is 2. The zero-order valence-corrected chi connectivity index (χ0v) is 10.8. The van der Waals surface area contributed by atoms with Gasteiger partial charge in [0.25, 0.3) is 5.91 Å². The topological polar surface area (TPSA) is 82.8 Å². The van der Waals surface area contributed by atoms with E-state index >= 15 is 0 Å². The lowest BCUT2D eigenvalue weighted by Crippen LogP contribution is -2.35. The predicted octanol–water partition coefficient (Wildman–Crippen LogP) is 0.644. The summed E-state index contributed by atoms with van der Waals surface area (Å²) in [7, 11) is 1.45. The molecule has 19 heavy (non-hydrogen) atoms. The van der Waals surface area contributed by atoms with Gasteiger partial charge in [-0.15, -0.1) is 0 Å². The van der Waals surface area contributed by atoms with E-state index in [0.717, 1.165) is 5.56 Å². The number of rotatable bonds is 5. The van der Waals surface area contributed by atoms with Crippen molar-refractivity contribution in [3.8, 4) is 0 Å². The molecule has 1 aromatic carbocycles. The zero-order chi connectivity index (χ0) is 13.7. The fraction of sp³-hybridized carbons (Fsp3) is 0.462. The molecule has 1 atom stereocenters. The van der Waals surface area contributed by atoms with E-state index in [1.807, 2.05) is 12.1 Å². The summed E-state index contributed by atoms with van der Waals surface area (Å²) in [5.74, 6) is -0.258. The van der Waals surface area contributed by atoms with Crippen molar-refractivity contribution >= 4 is 11.6 Å². The normalized spacial score (nSPS) is 17.4. The van der Waals surface area contributed by atoms with E-state index in [9.17, 15) is 4.79 Å². The minimum Gasteiger partial charge on any atom is -0.370 e. The molecule has 0 saturated carbocycles. The molecular formula is C13H18N2O4. The number of nitrogens with one attached hydrogen (secondary N) is 1. The largest absolute Gasteiger partial charge is 0.370 e. The number of anilines is 1. The lowest BCUT2D eigenvalue weighted by atomic mass is 10.2. The molecule has 2 rings (SSSR count). The number of hydrogen-bond acceptors (Lipinski definition) is 5. The lowest BCUT2D eigenvalue weighted by molar-refractivity contribution is -0.125. The smallest absolute Gasteiger partial charge is 0.254 e. The van der Waals surface area contributed by atoms with Crippen molar-refractivity contribution in [1.29, 1.82) is 0 Å². The Morgan fingerprint density at radius 3 is 2.58 bits per heavy atom. The van der Waals surface area contributed by atoms with E-state index in [-0.39, 0.29) is 18.7 Å². The molecular weight excluding hydrogens is 248 g/mol. The summed E-state index contributed by atoms with van der Waals surface area (Å²) < 4.78 is 15.7. The van der Waals surface area contributed by atoms with Crippen LogP contribution in [0.2, 0.25) is 0 Å². The Morgan fingerprint density at radius 1 is 1.42 bits per heavy atom. The maximum absolute atomic E-state index is 11.8. The van der Waals surface area contributed by atoms with E-state index in [1.165, 1.54) is 7.11 Å². The zero-order valence-electron chi connectivity index (χ0n) is 10.8. The Kier molecular flexibility index (Phi) is 4.86. The highest BCUT2D eigenvalue weighted by molar-refractivity contribution is 5.94. The van der Waals surface area contributed by atoms with E-state index in [1.54, 1.807) is 12.1 Å². The Balaban J connectivity index is 1.96. The molecule has 1 amide bonds. The summed E-state index contributed by atoms with van der Waals surface area (Å²) in [6.45, 7) is 1.36. The Labute approximate surface area is 111 Å². The molecule has 0 aromatic heterocycles. The van der Waals surface area contributed by atoms with Crippen LogP contribution in [-0.2, 0) is 19.0 Å². The SMILES string of the molecule is COC(CN)C(=O)Nc1ccc(C2OCCO2)cc1. The van der Waals surface area contributed by atoms with Gasteiger partial charge in [-0.05, 0) is 12.1 Å². The Morgan fingerprint density at radius 2 is 2.05 bits per heavy atom. The number of carbonyl (C=O) groups is 1. The van der Waals surface area contributed by atoms with E-state index < -0.39 is 6.10 Å². The van der Waals surface area contributed by atoms with Gasteiger partial charge in [0.15, 0.2) is 6.29 Å². The second kappa shape index (κ2) is 6.63. The van der Waals surface area contributed by atoms with Gasteiger partial charge in [-0.25, -0.2) is 0 Å². The van der Waals surface area contributed by atoms with Gasteiger partial charge in [-0.1, -0.05) is 12.1 Å². The van der Waals surface area contributed by atoms with E-state index in [0.29, 0.717) is 18.9 Å². The number of amides is 1. The molecule has 0 aliphatic carbocycles. The number of carbonyl (C=O) groups excluding carboxylic acids is 1. The van der Waals surface area contributed by atoms with Gasteiger partial charge >= 0.3 is 0 Å². The molecule has 6 nitrogen and oxygen atoms in total. The lowest BCUT2D eigenvalue weighted by Gasteiger charge is -2.14. The molecule has 0 radical (unpaired) electrons. The highest BCUT2D eigenvalue weighted by Gasteiger charge is 2.19. The third-order valence-corrected chi connectivity index (χ3v) is 2.86. The molecule has 1 aliphatic rings. The molecule has 1 aromatic rings. The van der Waals surface area contributed by atoms with Gasteiger partial charge in [0.05, 0.1) is 13.2 Å². The summed E-state index contributed by atoms with van der Waals surface area (Å²) in [5.41, 5.74) is 7.04. The molecule has 3 N–H and O–H groups in total. The van der Waals surface area contributed by atoms with Crippen molar-refractivity contribution in [2.75, 3.05) is 32.2 Å². The van der Waals surface area contributed by atoms with Crippen molar-refractivity contribution < 1.29 is 19.0 Å². The number of ether oxygens (including phenoxy) is 3. The monoisotopic (exact) mass is 266 g/mol. The van der Waals surface area contributed by atoms with Crippen molar-refractivity contribution in [1.82, 2.24) is 0 Å². The van der Waals surface area contributed by atoms with Gasteiger partial charge in [-0.3, -0.25) is 4.79 Å². The predicted molar refractivity (Wildman–Crippen MR) is 69.6 cm³/mol. The molecule has 6 heteroatoms. The summed E-state index contributed by atoms with van der Waals surface area (Å²) in [4.78, 5) is 11.8. The molecule has 104 valence electrons. The maximum atomic E-state index is 11.8. The van der Waals surface area contributed by atoms with Crippen LogP contribution in [0.5, 0.6) is 0 Å². The standard InChI is InChI=1S/C13H18N2O4/c1-17-11(8-14)12(16)15-10-4-2-9(3-5-10)13-18-6-7-19-13/h2-5,11,13H,6-8,14H2,1H3,(H,15,16). The average Bonchev–Trinajstić information content (AvgIpc) is 2.95. The highest BCUT2D eigenvalue weighted by Crippen LogP contribution is 2.24. The second-order valence-corrected chi connectivity index (χ2v) is 4.14. The molecule has 0 bridgehead atoms. The first-order chi connectivity index (χ1) is 9.24. The number of nitrogens with two attached hydrogens (primary N) is 1. The average molecular weight is 266 g/mol. The van der Waals surface area contributed by atoms with Crippen LogP contribution in [0.1, 0.15) is 11.9 Å². The van der Waals surface area contributed by atoms with Gasteiger partial charge in [0.2, 0.25) is 0 Å². The van der Waals surface area contributed by atoms with Gasteiger partial charge in [0, 0.05) is 24.9 Å². The van der Waals surface area contributed by atoms with E-state index in [4.69, 9.17) is 19.9 Å². The maximum Gasteiger partial charge on any atom is 0.254 e. The quantitative estimate of drug-likeness (QED) is 0.817. The fourth-order valence-electron chi connectivity index (χ4n) is 1.81. The number of benzene rings is 1. The van der Waals surface area contributed by atoms with Crippen LogP contribution in [0, 0.1) is 0 Å². The Hall–Kier alpha value is -1.47. The summed E-state index contributed by atoms with van der Waals surface area (Å²) in [6, 6.07) is 7.30. The van der Waals surface area contributed by atoms with Crippen LogP contribution in [0.4, 0.5) is 5.69 Å². The van der Waals surface area contributed by atoms with Crippen LogP contribution in [0.25, 0.3) is 0 Å². The van der Waals surface area contributed by atoms with Crippen LogP contribution < -0.4 is 11.1 Å². The summed E-state index contributed by atoms with van der Waals surface area (Å²) in [5, 5.41) is 2.74. The highest BCUT2D eigenvalue weighted by atomic mass is 16.7. The molecule has 1 fully saturated rings. The minimum absolute atomic E-state index is 0.143. The molecule has 1 heterocycles. The number of methoxy groups -OCH3 is 1. The van der Waals surface area contributed by atoms with Crippen LogP contribution in [0.3, 0.4) is 0 Å². The van der Waals surface area contributed by atoms with Gasteiger partial charge in [0.1, 0.15) is 6.10 Å². The first-order valence-electron chi connectivity index (χ1n) is 6.11. The summed E-state index contributed by atoms with van der Waals surface area (Å²) in [6.07, 6.45) is -0.943. The minimum atomic E-state index is -0.638. The first-order valence-corrected chi connectivity index (χ1v) is 6.11. The van der Waals surface area contributed by atoms with Gasteiger partial charge < -0.3 is 25.3 Å². The molecule has 1 saturated heterocycles. The van der Waals surface area contributed by atoms with Crippen LogP contribution in [0.15, 0.2) is 24.3 Å². The van der Waals surface area contributed by atoms with Crippen LogP contribution in [-0.4, -0.2) is 38.9 Å². The summed E-state index contributed by atoms with van der Waals surface area (Å²) >= 11 is 0. The molecule has 0 spiro atoms.